The van der Waals surface area contributed by atoms with Gasteiger partial charge in [-0.15, -0.1) is 0 Å². The predicted molar refractivity (Wildman–Crippen MR) is 60.7 cm³/mol. The van der Waals surface area contributed by atoms with Gasteiger partial charge >= 0.3 is 99.0 Å². The van der Waals surface area contributed by atoms with Crippen molar-refractivity contribution < 1.29 is 3.76 Å². The summed E-state index contributed by atoms with van der Waals surface area (Å²) < 4.78 is 6.75. The SMILES string of the molecule is CC1(C)[O][Ge][C]12C1CC3CC(C1)CC2C3. The van der Waals surface area contributed by atoms with Gasteiger partial charge in [-0.25, -0.2) is 0 Å². The molecule has 2 heteroatoms. The molecule has 5 aliphatic rings. The molecule has 1 heterocycles. The van der Waals surface area contributed by atoms with Crippen LogP contribution in [-0.2, 0) is 3.76 Å². The van der Waals surface area contributed by atoms with Crippen LogP contribution in [0.2, 0.25) is 4.25 Å². The van der Waals surface area contributed by atoms with E-state index in [0.717, 1.165) is 27.9 Å². The zero-order valence-electron chi connectivity index (χ0n) is 9.75. The Morgan fingerprint density at radius 3 is 1.80 bits per heavy atom. The molecule has 82 valence electrons. The van der Waals surface area contributed by atoms with Crippen LogP contribution in [0.25, 0.3) is 0 Å². The van der Waals surface area contributed by atoms with Crippen molar-refractivity contribution in [3.05, 3.63) is 0 Å². The number of hydrogen-bond acceptors (Lipinski definition) is 1. The molecule has 0 N–H and O–H groups in total. The van der Waals surface area contributed by atoms with Gasteiger partial charge in [0.2, 0.25) is 0 Å². The maximum atomic E-state index is 6.02. The van der Waals surface area contributed by atoms with Gasteiger partial charge in [-0.05, 0) is 0 Å². The van der Waals surface area contributed by atoms with E-state index in [1.807, 2.05) is 0 Å². The Morgan fingerprint density at radius 1 is 0.933 bits per heavy atom. The molecule has 1 nitrogen and oxygen atoms in total. The number of rotatable bonds is 0. The Bertz CT molecular complexity index is 282. The first kappa shape index (κ1) is 9.52. The van der Waals surface area contributed by atoms with Gasteiger partial charge in [0.25, 0.3) is 0 Å². The van der Waals surface area contributed by atoms with Crippen LogP contribution in [-0.4, -0.2) is 21.4 Å². The van der Waals surface area contributed by atoms with E-state index in [1.165, 1.54) is 0 Å². The second-order valence-corrected chi connectivity index (χ2v) is 9.48. The fourth-order valence-electron chi connectivity index (χ4n) is 5.45. The van der Waals surface area contributed by atoms with E-state index in [-0.39, 0.29) is 21.4 Å². The molecule has 2 radical (unpaired) electrons. The van der Waals surface area contributed by atoms with Crippen molar-refractivity contribution in [2.45, 2.75) is 55.8 Å². The Hall–Kier alpha value is 0.503. The summed E-state index contributed by atoms with van der Waals surface area (Å²) >= 11 is -0.0799. The molecule has 5 rings (SSSR count). The summed E-state index contributed by atoms with van der Waals surface area (Å²) in [6.07, 6.45) is 7.81. The first-order chi connectivity index (χ1) is 7.12. The molecule has 4 bridgehead atoms. The Balaban J connectivity index is 1.77. The van der Waals surface area contributed by atoms with Crippen molar-refractivity contribution in [3.8, 4) is 0 Å². The van der Waals surface area contributed by atoms with Crippen molar-refractivity contribution in [2.24, 2.45) is 23.7 Å². The third kappa shape index (κ3) is 0.964. The molecule has 1 aliphatic heterocycles. The molecule has 4 aliphatic carbocycles. The zero-order valence-corrected chi connectivity index (χ0v) is 11.9. The second kappa shape index (κ2) is 2.66. The average Bonchev–Trinajstić information content (AvgIpc) is 2.14. The van der Waals surface area contributed by atoms with Crippen LogP contribution in [0.4, 0.5) is 0 Å². The minimum absolute atomic E-state index is 0.0799. The van der Waals surface area contributed by atoms with Gasteiger partial charge in [0.05, 0.1) is 0 Å². The fraction of sp³-hybridized carbons (Fsp3) is 1.00. The van der Waals surface area contributed by atoms with Gasteiger partial charge < -0.3 is 0 Å². The summed E-state index contributed by atoms with van der Waals surface area (Å²) in [6, 6.07) is 0. The van der Waals surface area contributed by atoms with Crippen LogP contribution in [0.3, 0.4) is 0 Å². The van der Waals surface area contributed by atoms with E-state index < -0.39 is 0 Å². The number of hydrogen-bond donors (Lipinski definition) is 0. The molecule has 1 spiro atoms. The van der Waals surface area contributed by atoms with Crippen molar-refractivity contribution in [1.29, 1.82) is 0 Å². The molecular formula is C13H20GeO. The molecular weight excluding hydrogens is 245 g/mol. The van der Waals surface area contributed by atoms with Crippen molar-refractivity contribution in [1.82, 2.24) is 0 Å². The first-order valence-electron chi connectivity index (χ1n) is 6.57. The van der Waals surface area contributed by atoms with Crippen molar-refractivity contribution in [2.75, 3.05) is 0 Å². The summed E-state index contributed by atoms with van der Waals surface area (Å²) in [5, 5.41) is 0. The fourth-order valence-corrected chi connectivity index (χ4v) is 8.70. The molecule has 15 heavy (non-hydrogen) atoms. The first-order valence-corrected chi connectivity index (χ1v) is 8.47. The zero-order chi connectivity index (χ0) is 10.3. The average molecular weight is 265 g/mol. The van der Waals surface area contributed by atoms with Crippen LogP contribution in [0, 0.1) is 23.7 Å². The summed E-state index contributed by atoms with van der Waals surface area (Å²) in [6.45, 7) is 4.75. The molecule has 0 amide bonds. The topological polar surface area (TPSA) is 9.23 Å². The van der Waals surface area contributed by atoms with Gasteiger partial charge in [-0.1, -0.05) is 0 Å². The van der Waals surface area contributed by atoms with E-state index >= 15 is 0 Å². The maximum absolute atomic E-state index is 6.02. The minimum atomic E-state index is -0.0799. The van der Waals surface area contributed by atoms with Crippen LogP contribution in [0.5, 0.6) is 0 Å². The third-order valence-electron chi connectivity index (χ3n) is 5.90. The quantitative estimate of drug-likeness (QED) is 0.611. The monoisotopic (exact) mass is 266 g/mol. The summed E-state index contributed by atoms with van der Waals surface area (Å²) in [4.78, 5) is 0. The predicted octanol–water partition coefficient (Wildman–Crippen LogP) is 3.03. The van der Waals surface area contributed by atoms with Gasteiger partial charge in [-0.3, -0.25) is 0 Å². The van der Waals surface area contributed by atoms with Gasteiger partial charge in [0.1, 0.15) is 0 Å². The van der Waals surface area contributed by atoms with Crippen molar-refractivity contribution in [3.63, 3.8) is 0 Å². The van der Waals surface area contributed by atoms with Gasteiger partial charge in [0.15, 0.2) is 0 Å². The van der Waals surface area contributed by atoms with E-state index in [2.05, 4.69) is 13.8 Å². The molecule has 0 aromatic rings. The molecule has 4 saturated carbocycles. The van der Waals surface area contributed by atoms with E-state index in [4.69, 9.17) is 3.76 Å². The van der Waals surface area contributed by atoms with Crippen molar-refractivity contribution >= 4 is 15.8 Å². The molecule has 0 unspecified atom stereocenters. The summed E-state index contributed by atoms with van der Waals surface area (Å²) in [7, 11) is 0. The van der Waals surface area contributed by atoms with Gasteiger partial charge in [0, 0.05) is 0 Å². The van der Waals surface area contributed by atoms with Crippen LogP contribution in [0.15, 0.2) is 0 Å². The standard InChI is InChI=1S/C13H20GeO/c1-12(2)13(14-15-12)10-4-8-3-9(6-10)7-11(13)5-8/h8-11H,3-7H2,1-2H3. The molecule has 5 fully saturated rings. The Labute approximate surface area is 99.2 Å². The summed E-state index contributed by atoms with van der Waals surface area (Å²) in [5.74, 6) is 4.36. The molecule has 0 atom stereocenters. The van der Waals surface area contributed by atoms with E-state index in [0.29, 0.717) is 0 Å². The molecule has 0 aromatic heterocycles. The second-order valence-electron chi connectivity index (χ2n) is 6.89. The van der Waals surface area contributed by atoms with Crippen LogP contribution in [0.1, 0.15) is 46.0 Å². The Morgan fingerprint density at radius 2 is 1.47 bits per heavy atom. The van der Waals surface area contributed by atoms with Gasteiger partial charge in [-0.2, -0.15) is 0 Å². The van der Waals surface area contributed by atoms with Crippen LogP contribution < -0.4 is 0 Å². The normalized spacial score (nSPS) is 59.6. The van der Waals surface area contributed by atoms with Crippen LogP contribution >= 0.6 is 0 Å². The van der Waals surface area contributed by atoms with E-state index in [1.54, 1.807) is 32.1 Å². The van der Waals surface area contributed by atoms with E-state index in [9.17, 15) is 0 Å². The molecule has 0 aromatic carbocycles. The Kier molecular flexibility index (Phi) is 1.69. The summed E-state index contributed by atoms with van der Waals surface area (Å²) in [5.41, 5.74) is 0.246. The third-order valence-corrected chi connectivity index (χ3v) is 10.9. The molecule has 1 saturated heterocycles.